The Morgan fingerprint density at radius 3 is 2.21 bits per heavy atom. The fraction of sp³-hybridized carbons (Fsp3) is 0.263. The molecule has 5 heteroatoms. The predicted molar refractivity (Wildman–Crippen MR) is 93.2 cm³/mol. The third-order valence-electron chi connectivity index (χ3n) is 3.44. The Hall–Kier alpha value is -2.82. The van der Waals surface area contributed by atoms with E-state index in [4.69, 9.17) is 4.74 Å². The molecule has 0 saturated heterocycles. The SMILES string of the molecule is CN(C)C(=O)C(C)(C)NC(=O)c1cccc(Oc2ccccc2)c1. The second-order valence-electron chi connectivity index (χ2n) is 6.22. The Morgan fingerprint density at radius 1 is 0.958 bits per heavy atom. The highest BCUT2D eigenvalue weighted by Crippen LogP contribution is 2.22. The number of carbonyl (C=O) groups excluding carboxylic acids is 2. The minimum absolute atomic E-state index is 0.174. The van der Waals surface area contributed by atoms with Crippen LogP contribution in [0, 0.1) is 0 Å². The van der Waals surface area contributed by atoms with Gasteiger partial charge in [0.15, 0.2) is 0 Å². The molecule has 2 aromatic carbocycles. The van der Waals surface area contributed by atoms with Crippen LogP contribution >= 0.6 is 0 Å². The summed E-state index contributed by atoms with van der Waals surface area (Å²) in [7, 11) is 3.31. The Morgan fingerprint density at radius 2 is 1.58 bits per heavy atom. The number of ether oxygens (including phenoxy) is 1. The van der Waals surface area contributed by atoms with Gasteiger partial charge in [-0.2, -0.15) is 0 Å². The highest BCUT2D eigenvalue weighted by atomic mass is 16.5. The number of rotatable bonds is 5. The summed E-state index contributed by atoms with van der Waals surface area (Å²) in [5.41, 5.74) is -0.556. The van der Waals surface area contributed by atoms with E-state index in [9.17, 15) is 9.59 Å². The lowest BCUT2D eigenvalue weighted by Gasteiger charge is -2.28. The van der Waals surface area contributed by atoms with Crippen molar-refractivity contribution in [3.05, 3.63) is 60.2 Å². The Kier molecular flexibility index (Phi) is 5.24. The van der Waals surface area contributed by atoms with Crippen molar-refractivity contribution in [1.82, 2.24) is 10.2 Å². The molecule has 126 valence electrons. The van der Waals surface area contributed by atoms with E-state index in [1.165, 1.54) is 4.90 Å². The molecule has 2 amide bonds. The van der Waals surface area contributed by atoms with Crippen molar-refractivity contribution in [1.29, 1.82) is 0 Å². The Labute approximate surface area is 142 Å². The monoisotopic (exact) mass is 326 g/mol. The van der Waals surface area contributed by atoms with Crippen LogP contribution in [0.15, 0.2) is 54.6 Å². The Balaban J connectivity index is 2.13. The topological polar surface area (TPSA) is 58.6 Å². The summed E-state index contributed by atoms with van der Waals surface area (Å²) in [6.07, 6.45) is 0. The lowest BCUT2D eigenvalue weighted by Crippen LogP contribution is -2.54. The van der Waals surface area contributed by atoms with Gasteiger partial charge in [-0.3, -0.25) is 9.59 Å². The molecule has 0 aliphatic carbocycles. The number of hydrogen-bond donors (Lipinski definition) is 1. The van der Waals surface area contributed by atoms with E-state index in [0.29, 0.717) is 17.1 Å². The van der Waals surface area contributed by atoms with Crippen molar-refractivity contribution in [3.8, 4) is 11.5 Å². The molecule has 24 heavy (non-hydrogen) atoms. The lowest BCUT2D eigenvalue weighted by atomic mass is 10.0. The second kappa shape index (κ2) is 7.17. The highest BCUT2D eigenvalue weighted by Gasteiger charge is 2.31. The molecular weight excluding hydrogens is 304 g/mol. The maximum absolute atomic E-state index is 12.5. The molecule has 0 fully saturated rings. The van der Waals surface area contributed by atoms with E-state index in [1.807, 2.05) is 30.3 Å². The van der Waals surface area contributed by atoms with Crippen LogP contribution in [0.4, 0.5) is 0 Å². The first kappa shape index (κ1) is 17.5. The van der Waals surface area contributed by atoms with Crippen molar-refractivity contribution < 1.29 is 14.3 Å². The molecule has 1 N–H and O–H groups in total. The number of benzene rings is 2. The van der Waals surface area contributed by atoms with Crippen LogP contribution in [0.1, 0.15) is 24.2 Å². The molecule has 0 heterocycles. The molecular formula is C19H22N2O3. The molecule has 5 nitrogen and oxygen atoms in total. The van der Waals surface area contributed by atoms with Gasteiger partial charge in [0.2, 0.25) is 5.91 Å². The summed E-state index contributed by atoms with van der Waals surface area (Å²) < 4.78 is 5.73. The van der Waals surface area contributed by atoms with E-state index in [0.717, 1.165) is 0 Å². The first-order chi connectivity index (χ1) is 11.3. The van der Waals surface area contributed by atoms with Crippen LogP contribution in [0.25, 0.3) is 0 Å². The molecule has 0 aliphatic heterocycles. The van der Waals surface area contributed by atoms with Crippen LogP contribution < -0.4 is 10.1 Å². The van der Waals surface area contributed by atoms with Crippen LogP contribution in [-0.4, -0.2) is 36.3 Å². The number of hydrogen-bond acceptors (Lipinski definition) is 3. The normalized spacial score (nSPS) is 10.8. The number of amides is 2. The third-order valence-corrected chi connectivity index (χ3v) is 3.44. The molecule has 0 aromatic heterocycles. The van der Waals surface area contributed by atoms with Gasteiger partial charge < -0.3 is 15.0 Å². The van der Waals surface area contributed by atoms with E-state index in [-0.39, 0.29) is 11.8 Å². The zero-order valence-corrected chi connectivity index (χ0v) is 14.4. The smallest absolute Gasteiger partial charge is 0.252 e. The molecule has 2 rings (SSSR count). The number of nitrogens with zero attached hydrogens (tertiary/aromatic N) is 1. The van der Waals surface area contributed by atoms with Crippen LogP contribution in [0.3, 0.4) is 0 Å². The zero-order chi connectivity index (χ0) is 17.7. The fourth-order valence-electron chi connectivity index (χ4n) is 2.29. The van der Waals surface area contributed by atoms with Crippen molar-refractivity contribution in [3.63, 3.8) is 0 Å². The van der Waals surface area contributed by atoms with Crippen molar-refractivity contribution in [2.45, 2.75) is 19.4 Å². The number of nitrogens with one attached hydrogen (secondary N) is 1. The summed E-state index contributed by atoms with van der Waals surface area (Å²) in [4.78, 5) is 26.0. The molecule has 0 atom stereocenters. The average Bonchev–Trinajstić information content (AvgIpc) is 2.54. The van der Waals surface area contributed by atoms with Gasteiger partial charge in [-0.1, -0.05) is 24.3 Å². The van der Waals surface area contributed by atoms with E-state index >= 15 is 0 Å². The summed E-state index contributed by atoms with van der Waals surface area (Å²) in [6, 6.07) is 16.2. The quantitative estimate of drug-likeness (QED) is 0.918. The van der Waals surface area contributed by atoms with Crippen LogP contribution in [-0.2, 0) is 4.79 Å². The molecule has 0 bridgehead atoms. The summed E-state index contributed by atoms with van der Waals surface area (Å²) in [6.45, 7) is 3.36. The molecule has 0 aliphatic rings. The van der Waals surface area contributed by atoms with Gasteiger partial charge in [-0.25, -0.2) is 0 Å². The lowest BCUT2D eigenvalue weighted by molar-refractivity contribution is -0.134. The van der Waals surface area contributed by atoms with E-state index < -0.39 is 5.54 Å². The van der Waals surface area contributed by atoms with Gasteiger partial charge in [0.25, 0.3) is 5.91 Å². The van der Waals surface area contributed by atoms with Crippen LogP contribution in [0.5, 0.6) is 11.5 Å². The summed E-state index contributed by atoms with van der Waals surface area (Å²) >= 11 is 0. The van der Waals surface area contributed by atoms with E-state index in [2.05, 4.69) is 5.32 Å². The zero-order valence-electron chi connectivity index (χ0n) is 14.4. The average molecular weight is 326 g/mol. The predicted octanol–water partition coefficient (Wildman–Crippen LogP) is 3.08. The van der Waals surface area contributed by atoms with Crippen molar-refractivity contribution in [2.24, 2.45) is 0 Å². The summed E-state index contributed by atoms with van der Waals surface area (Å²) in [5.74, 6) is 0.755. The maximum atomic E-state index is 12.5. The number of likely N-dealkylation sites (N-methyl/N-ethyl adjacent to an activating group) is 1. The van der Waals surface area contributed by atoms with Crippen molar-refractivity contribution in [2.75, 3.05) is 14.1 Å². The second-order valence-corrected chi connectivity index (χ2v) is 6.22. The molecule has 2 aromatic rings. The maximum Gasteiger partial charge on any atom is 0.252 e. The molecule has 0 unspecified atom stereocenters. The minimum Gasteiger partial charge on any atom is -0.457 e. The van der Waals surface area contributed by atoms with Gasteiger partial charge in [0.05, 0.1) is 0 Å². The van der Waals surface area contributed by atoms with Crippen molar-refractivity contribution >= 4 is 11.8 Å². The standard InChI is InChI=1S/C19H22N2O3/c1-19(2,18(23)21(3)4)20-17(22)14-9-8-12-16(13-14)24-15-10-6-5-7-11-15/h5-13H,1-4H3,(H,20,22). The molecule has 0 saturated carbocycles. The highest BCUT2D eigenvalue weighted by molar-refractivity contribution is 5.99. The van der Waals surface area contributed by atoms with Crippen LogP contribution in [0.2, 0.25) is 0 Å². The molecule has 0 spiro atoms. The van der Waals surface area contributed by atoms with Gasteiger partial charge in [0.1, 0.15) is 17.0 Å². The van der Waals surface area contributed by atoms with Gasteiger partial charge in [-0.05, 0) is 44.2 Å². The van der Waals surface area contributed by atoms with E-state index in [1.54, 1.807) is 52.2 Å². The van der Waals surface area contributed by atoms with Gasteiger partial charge in [0, 0.05) is 19.7 Å². The Bertz CT molecular complexity index is 724. The largest absolute Gasteiger partial charge is 0.457 e. The fourth-order valence-corrected chi connectivity index (χ4v) is 2.29. The molecule has 0 radical (unpaired) electrons. The first-order valence-corrected chi connectivity index (χ1v) is 7.67. The number of carbonyl (C=O) groups is 2. The van der Waals surface area contributed by atoms with Gasteiger partial charge in [-0.15, -0.1) is 0 Å². The third kappa shape index (κ3) is 4.35. The number of para-hydroxylation sites is 1. The summed E-state index contributed by atoms with van der Waals surface area (Å²) in [5, 5.41) is 2.76. The first-order valence-electron chi connectivity index (χ1n) is 7.67. The minimum atomic E-state index is -0.989. The van der Waals surface area contributed by atoms with Gasteiger partial charge >= 0.3 is 0 Å².